The van der Waals surface area contributed by atoms with Crippen LogP contribution in [0.4, 0.5) is 18.9 Å². The van der Waals surface area contributed by atoms with E-state index < -0.39 is 11.2 Å². The van der Waals surface area contributed by atoms with Crippen molar-refractivity contribution in [1.29, 1.82) is 0 Å². The number of benzene rings is 2. The molecule has 140 valence electrons. The number of hydrogen-bond donors (Lipinski definition) is 0. The SMILES string of the molecule is O=C(c1ccc2nc(C(F)(F)F)sc2c1)N1CCN(c2ccccc2)CC1. The van der Waals surface area contributed by atoms with Crippen LogP contribution in [0.15, 0.2) is 48.5 Å². The summed E-state index contributed by atoms with van der Waals surface area (Å²) in [6.45, 7) is 2.58. The molecule has 1 saturated heterocycles. The van der Waals surface area contributed by atoms with Gasteiger partial charge in [0.25, 0.3) is 5.91 Å². The molecule has 0 atom stereocenters. The molecular weight excluding hydrogens is 375 g/mol. The first-order valence-corrected chi connectivity index (χ1v) is 9.30. The molecule has 1 amide bonds. The fourth-order valence-electron chi connectivity index (χ4n) is 3.17. The second kappa shape index (κ2) is 6.84. The average molecular weight is 391 g/mol. The number of hydrogen-bond acceptors (Lipinski definition) is 4. The lowest BCUT2D eigenvalue weighted by Crippen LogP contribution is -2.48. The third kappa shape index (κ3) is 3.62. The predicted molar refractivity (Wildman–Crippen MR) is 99.2 cm³/mol. The molecule has 0 aliphatic carbocycles. The van der Waals surface area contributed by atoms with Crippen molar-refractivity contribution in [2.24, 2.45) is 0 Å². The summed E-state index contributed by atoms with van der Waals surface area (Å²) in [4.78, 5) is 20.3. The van der Waals surface area contributed by atoms with Crippen LogP contribution in [0.25, 0.3) is 10.2 Å². The van der Waals surface area contributed by atoms with Gasteiger partial charge in [0, 0.05) is 37.4 Å². The number of para-hydroxylation sites is 1. The van der Waals surface area contributed by atoms with Gasteiger partial charge in [-0.2, -0.15) is 13.2 Å². The molecular formula is C19H16F3N3OS. The van der Waals surface area contributed by atoms with Crippen molar-refractivity contribution < 1.29 is 18.0 Å². The first-order chi connectivity index (χ1) is 12.9. The molecule has 0 bridgehead atoms. The van der Waals surface area contributed by atoms with Crippen LogP contribution in [0.3, 0.4) is 0 Å². The van der Waals surface area contributed by atoms with Gasteiger partial charge >= 0.3 is 6.18 Å². The van der Waals surface area contributed by atoms with E-state index in [1.165, 1.54) is 12.1 Å². The minimum absolute atomic E-state index is 0.161. The summed E-state index contributed by atoms with van der Waals surface area (Å²) in [5.74, 6) is -0.161. The van der Waals surface area contributed by atoms with Gasteiger partial charge in [0.1, 0.15) is 0 Å². The van der Waals surface area contributed by atoms with Gasteiger partial charge < -0.3 is 9.80 Å². The van der Waals surface area contributed by atoms with Crippen LogP contribution in [0.2, 0.25) is 0 Å². The Labute approximate surface area is 157 Å². The van der Waals surface area contributed by atoms with Gasteiger partial charge in [0.15, 0.2) is 5.01 Å². The summed E-state index contributed by atoms with van der Waals surface area (Å²) in [7, 11) is 0. The van der Waals surface area contributed by atoms with Gasteiger partial charge in [-0.3, -0.25) is 4.79 Å². The Balaban J connectivity index is 1.48. The zero-order chi connectivity index (χ0) is 19.0. The lowest BCUT2D eigenvalue weighted by Gasteiger charge is -2.36. The molecule has 4 nitrogen and oxygen atoms in total. The minimum Gasteiger partial charge on any atom is -0.368 e. The first-order valence-electron chi connectivity index (χ1n) is 8.49. The number of rotatable bonds is 2. The molecule has 0 unspecified atom stereocenters. The van der Waals surface area contributed by atoms with Crippen molar-refractivity contribution in [1.82, 2.24) is 9.88 Å². The number of piperazine rings is 1. The molecule has 8 heteroatoms. The lowest BCUT2D eigenvalue weighted by molar-refractivity contribution is -0.137. The standard InChI is InChI=1S/C19H16F3N3OS/c20-19(21,22)18-23-15-7-6-13(12-16(15)27-18)17(26)25-10-8-24(9-11-25)14-4-2-1-3-5-14/h1-7,12H,8-11H2. The summed E-state index contributed by atoms with van der Waals surface area (Å²) < 4.78 is 38.8. The molecule has 1 aliphatic rings. The average Bonchev–Trinajstić information content (AvgIpc) is 3.12. The first kappa shape index (κ1) is 17.8. The number of aromatic nitrogens is 1. The summed E-state index contributed by atoms with van der Waals surface area (Å²) in [6.07, 6.45) is -4.47. The Kier molecular flexibility index (Phi) is 4.51. The number of carbonyl (C=O) groups is 1. The number of anilines is 1. The Hall–Kier alpha value is -2.61. The monoisotopic (exact) mass is 391 g/mol. The van der Waals surface area contributed by atoms with Crippen molar-refractivity contribution in [3.8, 4) is 0 Å². The van der Waals surface area contributed by atoms with E-state index in [2.05, 4.69) is 9.88 Å². The van der Waals surface area contributed by atoms with Crippen LogP contribution in [-0.4, -0.2) is 42.0 Å². The van der Waals surface area contributed by atoms with Crippen LogP contribution >= 0.6 is 11.3 Å². The summed E-state index contributed by atoms with van der Waals surface area (Å²) in [6, 6.07) is 14.5. The number of halogens is 3. The number of carbonyl (C=O) groups excluding carboxylic acids is 1. The van der Waals surface area contributed by atoms with E-state index in [0.29, 0.717) is 34.7 Å². The van der Waals surface area contributed by atoms with E-state index in [1.54, 1.807) is 11.0 Å². The molecule has 0 radical (unpaired) electrons. The van der Waals surface area contributed by atoms with E-state index in [0.717, 1.165) is 18.8 Å². The van der Waals surface area contributed by atoms with Crippen molar-refractivity contribution in [3.05, 3.63) is 59.1 Å². The van der Waals surface area contributed by atoms with Crippen molar-refractivity contribution in [3.63, 3.8) is 0 Å². The molecule has 2 aromatic carbocycles. The fourth-order valence-corrected chi connectivity index (χ4v) is 4.04. The fraction of sp³-hybridized carbons (Fsp3) is 0.263. The van der Waals surface area contributed by atoms with E-state index in [1.807, 2.05) is 30.3 Å². The molecule has 27 heavy (non-hydrogen) atoms. The molecule has 1 aliphatic heterocycles. The maximum absolute atomic E-state index is 12.8. The van der Waals surface area contributed by atoms with Crippen LogP contribution in [0.1, 0.15) is 15.4 Å². The van der Waals surface area contributed by atoms with Gasteiger partial charge in [-0.05, 0) is 30.3 Å². The quantitative estimate of drug-likeness (QED) is 0.654. The van der Waals surface area contributed by atoms with Crippen LogP contribution in [0, 0.1) is 0 Å². The number of nitrogens with zero attached hydrogens (tertiary/aromatic N) is 3. The normalized spacial score (nSPS) is 15.4. The maximum Gasteiger partial charge on any atom is 0.443 e. The number of alkyl halides is 3. The van der Waals surface area contributed by atoms with Gasteiger partial charge in [-0.25, -0.2) is 4.98 Å². The zero-order valence-electron chi connectivity index (χ0n) is 14.2. The zero-order valence-corrected chi connectivity index (χ0v) is 15.1. The highest BCUT2D eigenvalue weighted by Gasteiger charge is 2.35. The smallest absolute Gasteiger partial charge is 0.368 e. The maximum atomic E-state index is 12.8. The number of fused-ring (bicyclic) bond motifs is 1. The second-order valence-electron chi connectivity index (χ2n) is 6.31. The molecule has 4 rings (SSSR count). The molecule has 0 N–H and O–H groups in total. The van der Waals surface area contributed by atoms with Crippen molar-refractivity contribution in [2.45, 2.75) is 6.18 Å². The van der Waals surface area contributed by atoms with Crippen molar-refractivity contribution in [2.75, 3.05) is 31.1 Å². The Morgan fingerprint density at radius 1 is 1.00 bits per heavy atom. The summed E-state index contributed by atoms with van der Waals surface area (Å²) in [5.41, 5.74) is 1.78. The van der Waals surface area contributed by atoms with Crippen LogP contribution < -0.4 is 4.90 Å². The highest BCUT2D eigenvalue weighted by molar-refractivity contribution is 7.18. The summed E-state index contributed by atoms with van der Waals surface area (Å²) >= 11 is 0.565. The van der Waals surface area contributed by atoms with Crippen molar-refractivity contribution >= 4 is 33.1 Å². The summed E-state index contributed by atoms with van der Waals surface area (Å²) in [5, 5.41) is -0.890. The highest BCUT2D eigenvalue weighted by Crippen LogP contribution is 2.35. The third-order valence-electron chi connectivity index (χ3n) is 4.57. The Morgan fingerprint density at radius 2 is 1.70 bits per heavy atom. The van der Waals surface area contributed by atoms with E-state index in [-0.39, 0.29) is 11.4 Å². The third-order valence-corrected chi connectivity index (χ3v) is 5.63. The number of thiazole rings is 1. The predicted octanol–water partition coefficient (Wildman–Crippen LogP) is 4.28. The Morgan fingerprint density at radius 3 is 2.37 bits per heavy atom. The van der Waals surface area contributed by atoms with Crippen LogP contribution in [0.5, 0.6) is 0 Å². The van der Waals surface area contributed by atoms with E-state index in [4.69, 9.17) is 0 Å². The molecule has 0 saturated carbocycles. The molecule has 1 fully saturated rings. The second-order valence-corrected chi connectivity index (χ2v) is 7.34. The van der Waals surface area contributed by atoms with Gasteiger partial charge in [-0.1, -0.05) is 18.2 Å². The van der Waals surface area contributed by atoms with E-state index in [9.17, 15) is 18.0 Å². The highest BCUT2D eigenvalue weighted by atomic mass is 32.1. The Bertz CT molecular complexity index is 963. The van der Waals surface area contributed by atoms with E-state index >= 15 is 0 Å². The topological polar surface area (TPSA) is 36.4 Å². The molecule has 1 aromatic heterocycles. The van der Waals surface area contributed by atoms with Gasteiger partial charge in [0.05, 0.1) is 10.2 Å². The lowest BCUT2D eigenvalue weighted by atomic mass is 10.1. The molecule has 3 aromatic rings. The molecule has 2 heterocycles. The number of amides is 1. The molecule has 0 spiro atoms. The minimum atomic E-state index is -4.47. The van der Waals surface area contributed by atoms with Crippen LogP contribution in [-0.2, 0) is 6.18 Å². The largest absolute Gasteiger partial charge is 0.443 e. The van der Waals surface area contributed by atoms with Gasteiger partial charge in [0.2, 0.25) is 0 Å². The van der Waals surface area contributed by atoms with Gasteiger partial charge in [-0.15, -0.1) is 11.3 Å².